The van der Waals surface area contributed by atoms with Gasteiger partial charge < -0.3 is 14.4 Å². The molecule has 1 aromatic rings. The predicted molar refractivity (Wildman–Crippen MR) is 81.8 cm³/mol. The van der Waals surface area contributed by atoms with Gasteiger partial charge in [-0.05, 0) is 45.7 Å². The maximum Gasteiger partial charge on any atom is 0.158 e. The Bertz CT molecular complexity index is 310. The highest BCUT2D eigenvalue weighted by Crippen LogP contribution is 2.14. The summed E-state index contributed by atoms with van der Waals surface area (Å²) in [4.78, 5) is 3.83. The van der Waals surface area contributed by atoms with E-state index in [0.717, 1.165) is 19.4 Å². The maximum absolute atomic E-state index is 5.57. The maximum atomic E-state index is 5.57. The summed E-state index contributed by atoms with van der Waals surface area (Å²) in [5, 5.41) is 2.14. The van der Waals surface area contributed by atoms with Gasteiger partial charge in [-0.15, -0.1) is 11.3 Å². The Kier molecular flexibility index (Phi) is 8.30. The Morgan fingerprint density at radius 2 is 1.95 bits per heavy atom. The van der Waals surface area contributed by atoms with Crippen LogP contribution in [0.1, 0.15) is 32.1 Å². The zero-order chi connectivity index (χ0) is 14.1. The molecule has 0 aliphatic rings. The van der Waals surface area contributed by atoms with Crippen LogP contribution in [0.4, 0.5) is 0 Å². The van der Waals surface area contributed by atoms with Gasteiger partial charge in [-0.25, -0.2) is 0 Å². The molecule has 4 heteroatoms. The molecule has 0 aliphatic heterocycles. The van der Waals surface area contributed by atoms with Gasteiger partial charge >= 0.3 is 0 Å². The molecule has 1 rings (SSSR count). The minimum atomic E-state index is -0.0635. The first-order chi connectivity index (χ1) is 9.17. The molecule has 0 aromatic carbocycles. The molecule has 1 heterocycles. The third-order valence-corrected chi connectivity index (χ3v) is 4.15. The molecule has 1 aromatic heterocycles. The highest BCUT2D eigenvalue weighted by atomic mass is 32.1. The van der Waals surface area contributed by atoms with Gasteiger partial charge in [-0.1, -0.05) is 6.07 Å². The van der Waals surface area contributed by atoms with Crippen molar-refractivity contribution in [1.29, 1.82) is 0 Å². The summed E-state index contributed by atoms with van der Waals surface area (Å²) in [5.74, 6) is 0. The minimum Gasteiger partial charge on any atom is -0.353 e. The van der Waals surface area contributed by atoms with Crippen LogP contribution < -0.4 is 0 Å². The SMILES string of the molecule is CCOC(CCN(C)C(C)Cc1cccs1)OCC. The van der Waals surface area contributed by atoms with Gasteiger partial charge in [0.15, 0.2) is 6.29 Å². The van der Waals surface area contributed by atoms with Crippen molar-refractivity contribution >= 4 is 11.3 Å². The first-order valence-electron chi connectivity index (χ1n) is 7.13. The normalized spacial score (nSPS) is 13.4. The summed E-state index contributed by atoms with van der Waals surface area (Å²) >= 11 is 1.83. The van der Waals surface area contributed by atoms with Crippen molar-refractivity contribution in [2.45, 2.75) is 45.9 Å². The molecular weight excluding hydrogens is 258 g/mol. The number of thiophene rings is 1. The number of hydrogen-bond donors (Lipinski definition) is 0. The van der Waals surface area contributed by atoms with Crippen LogP contribution >= 0.6 is 11.3 Å². The smallest absolute Gasteiger partial charge is 0.158 e. The minimum absolute atomic E-state index is 0.0635. The van der Waals surface area contributed by atoms with Crippen molar-refractivity contribution in [2.24, 2.45) is 0 Å². The molecule has 0 aliphatic carbocycles. The quantitative estimate of drug-likeness (QED) is 0.615. The van der Waals surface area contributed by atoms with Crippen molar-refractivity contribution < 1.29 is 9.47 Å². The molecular formula is C15H27NO2S. The Hall–Kier alpha value is -0.420. The molecule has 0 fully saturated rings. The summed E-state index contributed by atoms with van der Waals surface area (Å²) in [6.45, 7) is 8.70. The lowest BCUT2D eigenvalue weighted by Crippen LogP contribution is -2.34. The van der Waals surface area contributed by atoms with E-state index in [2.05, 4.69) is 36.4 Å². The van der Waals surface area contributed by atoms with E-state index in [1.807, 2.05) is 25.2 Å². The standard InChI is InChI=1S/C15H27NO2S/c1-5-17-15(18-6-2)9-10-16(4)13(3)12-14-8-7-11-19-14/h7-8,11,13,15H,5-6,9-10,12H2,1-4H3. The second-order valence-corrected chi connectivity index (χ2v) is 5.77. The van der Waals surface area contributed by atoms with E-state index in [-0.39, 0.29) is 6.29 Å². The van der Waals surface area contributed by atoms with Gasteiger partial charge in [0.2, 0.25) is 0 Å². The molecule has 0 bridgehead atoms. The number of rotatable bonds is 10. The lowest BCUT2D eigenvalue weighted by Gasteiger charge is -2.26. The molecule has 3 nitrogen and oxygen atoms in total. The average molecular weight is 285 g/mol. The molecule has 0 saturated heterocycles. The third kappa shape index (κ3) is 6.52. The lowest BCUT2D eigenvalue weighted by atomic mass is 10.2. The molecule has 0 N–H and O–H groups in total. The Balaban J connectivity index is 2.30. The van der Waals surface area contributed by atoms with Gasteiger partial charge in [-0.3, -0.25) is 0 Å². The molecule has 0 saturated carbocycles. The fraction of sp³-hybridized carbons (Fsp3) is 0.733. The van der Waals surface area contributed by atoms with Crippen LogP contribution in [0.3, 0.4) is 0 Å². The van der Waals surface area contributed by atoms with E-state index in [9.17, 15) is 0 Å². The van der Waals surface area contributed by atoms with E-state index in [1.54, 1.807) is 0 Å². The van der Waals surface area contributed by atoms with Gasteiger partial charge in [-0.2, -0.15) is 0 Å². The Labute approximate surface area is 121 Å². The first-order valence-corrected chi connectivity index (χ1v) is 8.01. The van der Waals surface area contributed by atoms with E-state index in [1.165, 1.54) is 4.88 Å². The van der Waals surface area contributed by atoms with Crippen LogP contribution in [0.2, 0.25) is 0 Å². The number of ether oxygens (including phenoxy) is 2. The fourth-order valence-electron chi connectivity index (χ4n) is 1.99. The van der Waals surface area contributed by atoms with Crippen molar-refractivity contribution in [3.8, 4) is 0 Å². The zero-order valence-corrected chi connectivity index (χ0v) is 13.4. The predicted octanol–water partition coefficient (Wildman–Crippen LogP) is 3.40. The van der Waals surface area contributed by atoms with Crippen LogP contribution in [-0.2, 0) is 15.9 Å². The van der Waals surface area contributed by atoms with Gasteiger partial charge in [0, 0.05) is 37.1 Å². The van der Waals surface area contributed by atoms with Crippen molar-refractivity contribution in [3.05, 3.63) is 22.4 Å². The molecule has 110 valence electrons. The van der Waals surface area contributed by atoms with E-state index < -0.39 is 0 Å². The van der Waals surface area contributed by atoms with E-state index in [0.29, 0.717) is 19.3 Å². The molecule has 0 spiro atoms. The molecule has 19 heavy (non-hydrogen) atoms. The largest absolute Gasteiger partial charge is 0.353 e. The summed E-state index contributed by atoms with van der Waals surface area (Å²) in [5.41, 5.74) is 0. The second-order valence-electron chi connectivity index (χ2n) is 4.74. The summed E-state index contributed by atoms with van der Waals surface area (Å²) < 4.78 is 11.1. The summed E-state index contributed by atoms with van der Waals surface area (Å²) in [7, 11) is 2.17. The highest BCUT2D eigenvalue weighted by molar-refractivity contribution is 7.09. The van der Waals surface area contributed by atoms with Crippen LogP contribution in [0.15, 0.2) is 17.5 Å². The van der Waals surface area contributed by atoms with Crippen molar-refractivity contribution in [3.63, 3.8) is 0 Å². The molecule has 1 unspecified atom stereocenters. The van der Waals surface area contributed by atoms with Crippen LogP contribution in [0.5, 0.6) is 0 Å². The van der Waals surface area contributed by atoms with Gasteiger partial charge in [0.05, 0.1) is 0 Å². The molecule has 0 radical (unpaired) electrons. The van der Waals surface area contributed by atoms with Crippen molar-refractivity contribution in [1.82, 2.24) is 4.90 Å². The number of hydrogen-bond acceptors (Lipinski definition) is 4. The topological polar surface area (TPSA) is 21.7 Å². The Morgan fingerprint density at radius 1 is 1.26 bits per heavy atom. The fourth-order valence-corrected chi connectivity index (χ4v) is 2.82. The van der Waals surface area contributed by atoms with E-state index in [4.69, 9.17) is 9.47 Å². The van der Waals surface area contributed by atoms with Crippen LogP contribution in [-0.4, -0.2) is 44.0 Å². The van der Waals surface area contributed by atoms with Crippen LogP contribution in [0, 0.1) is 0 Å². The van der Waals surface area contributed by atoms with Gasteiger partial charge in [0.25, 0.3) is 0 Å². The Morgan fingerprint density at radius 3 is 2.47 bits per heavy atom. The second kappa shape index (κ2) is 9.48. The van der Waals surface area contributed by atoms with Crippen LogP contribution in [0.25, 0.3) is 0 Å². The summed E-state index contributed by atoms with van der Waals surface area (Å²) in [6.07, 6.45) is 1.97. The summed E-state index contributed by atoms with van der Waals surface area (Å²) in [6, 6.07) is 4.87. The lowest BCUT2D eigenvalue weighted by molar-refractivity contribution is -0.141. The molecule has 1 atom stereocenters. The highest BCUT2D eigenvalue weighted by Gasteiger charge is 2.14. The number of likely N-dealkylation sites (N-methyl/N-ethyl adjacent to an activating group) is 1. The van der Waals surface area contributed by atoms with Crippen molar-refractivity contribution in [2.75, 3.05) is 26.8 Å². The monoisotopic (exact) mass is 285 g/mol. The average Bonchev–Trinajstić information content (AvgIpc) is 2.89. The number of nitrogens with zero attached hydrogens (tertiary/aromatic N) is 1. The third-order valence-electron chi connectivity index (χ3n) is 3.25. The van der Waals surface area contributed by atoms with Gasteiger partial charge in [0.1, 0.15) is 0 Å². The van der Waals surface area contributed by atoms with E-state index >= 15 is 0 Å². The first kappa shape index (κ1) is 16.6. The molecule has 0 amide bonds. The zero-order valence-electron chi connectivity index (χ0n) is 12.6.